The molecule has 0 atom stereocenters. The normalized spacial score (nSPS) is 17.6. The van der Waals surface area contributed by atoms with Gasteiger partial charge in [-0.05, 0) is 25.3 Å². The summed E-state index contributed by atoms with van der Waals surface area (Å²) in [7, 11) is 3.15. The lowest BCUT2D eigenvalue weighted by Gasteiger charge is -2.35. The second-order valence-electron chi connectivity index (χ2n) is 5.44. The molecule has 0 aliphatic heterocycles. The van der Waals surface area contributed by atoms with E-state index in [1.165, 1.54) is 0 Å². The van der Waals surface area contributed by atoms with Gasteiger partial charge in [-0.3, -0.25) is 4.79 Å². The zero-order valence-electron chi connectivity index (χ0n) is 12.4. The molecule has 0 saturated heterocycles. The Bertz CT molecular complexity index is 501. The second kappa shape index (κ2) is 5.73. The number of hydrogen-bond acceptors (Lipinski definition) is 3. The maximum Gasteiger partial charge on any atom is 0.314 e. The monoisotopic (exact) mass is 278 g/mol. The zero-order valence-corrected chi connectivity index (χ0v) is 12.4. The Hall–Kier alpha value is -1.71. The highest BCUT2D eigenvalue weighted by Crippen LogP contribution is 2.47. The van der Waals surface area contributed by atoms with Gasteiger partial charge in [-0.25, -0.2) is 0 Å². The van der Waals surface area contributed by atoms with Crippen LogP contribution in [0.15, 0.2) is 12.1 Å². The minimum absolute atomic E-state index is 0.566. The van der Waals surface area contributed by atoms with E-state index in [1.54, 1.807) is 14.2 Å². The molecular formula is C16H22O4. The number of carboxylic acids is 1. The molecule has 2 rings (SSSR count). The molecule has 1 aromatic carbocycles. The summed E-state index contributed by atoms with van der Waals surface area (Å²) >= 11 is 0. The molecule has 4 heteroatoms. The van der Waals surface area contributed by atoms with Gasteiger partial charge in [0.15, 0.2) is 11.5 Å². The van der Waals surface area contributed by atoms with Crippen molar-refractivity contribution in [2.24, 2.45) is 0 Å². The Kier molecular flexibility index (Phi) is 4.21. The molecular weight excluding hydrogens is 256 g/mol. The van der Waals surface area contributed by atoms with E-state index >= 15 is 0 Å². The van der Waals surface area contributed by atoms with E-state index in [2.05, 4.69) is 0 Å². The van der Waals surface area contributed by atoms with Crippen LogP contribution >= 0.6 is 0 Å². The van der Waals surface area contributed by atoms with Crippen LogP contribution < -0.4 is 9.47 Å². The second-order valence-corrected chi connectivity index (χ2v) is 5.44. The lowest BCUT2D eigenvalue weighted by molar-refractivity contribution is -0.145. The number of hydrogen-bond donors (Lipinski definition) is 1. The van der Waals surface area contributed by atoms with E-state index in [9.17, 15) is 9.90 Å². The summed E-state index contributed by atoms with van der Waals surface area (Å²) < 4.78 is 10.9. The van der Waals surface area contributed by atoms with Gasteiger partial charge in [-0.1, -0.05) is 31.4 Å². The number of rotatable bonds is 4. The van der Waals surface area contributed by atoms with Crippen LogP contribution in [0.2, 0.25) is 0 Å². The molecule has 0 unspecified atom stereocenters. The molecule has 0 spiro atoms. The Morgan fingerprint density at radius 2 is 1.70 bits per heavy atom. The largest absolute Gasteiger partial charge is 0.493 e. The molecule has 1 N–H and O–H groups in total. The molecule has 4 nitrogen and oxygen atoms in total. The van der Waals surface area contributed by atoms with Crippen LogP contribution in [0.5, 0.6) is 11.5 Å². The molecule has 1 aliphatic carbocycles. The Morgan fingerprint density at radius 3 is 2.20 bits per heavy atom. The Labute approximate surface area is 119 Å². The molecule has 1 aliphatic rings. The van der Waals surface area contributed by atoms with Crippen molar-refractivity contribution in [3.8, 4) is 11.5 Å². The number of aliphatic carboxylic acids is 1. The van der Waals surface area contributed by atoms with E-state index < -0.39 is 11.4 Å². The fourth-order valence-corrected chi connectivity index (χ4v) is 3.25. The lowest BCUT2D eigenvalue weighted by Crippen LogP contribution is -2.38. The fourth-order valence-electron chi connectivity index (χ4n) is 3.25. The average Bonchev–Trinajstić information content (AvgIpc) is 2.47. The van der Waals surface area contributed by atoms with Crippen molar-refractivity contribution in [1.29, 1.82) is 0 Å². The highest BCUT2D eigenvalue weighted by molar-refractivity contribution is 5.83. The summed E-state index contributed by atoms with van der Waals surface area (Å²) in [5.41, 5.74) is 0.851. The molecule has 1 aromatic rings. The highest BCUT2D eigenvalue weighted by atomic mass is 16.5. The van der Waals surface area contributed by atoms with Crippen LogP contribution in [0.4, 0.5) is 0 Å². The van der Waals surface area contributed by atoms with Gasteiger partial charge in [0, 0.05) is 5.56 Å². The quantitative estimate of drug-likeness (QED) is 0.918. The molecule has 0 aromatic heterocycles. The first-order chi connectivity index (χ1) is 9.56. The first-order valence-electron chi connectivity index (χ1n) is 7.02. The van der Waals surface area contributed by atoms with Crippen molar-refractivity contribution in [2.45, 2.75) is 44.4 Å². The molecule has 0 amide bonds. The number of carbonyl (C=O) groups is 1. The predicted molar refractivity (Wildman–Crippen MR) is 76.7 cm³/mol. The fraction of sp³-hybridized carbons (Fsp3) is 0.562. The van der Waals surface area contributed by atoms with Crippen molar-refractivity contribution in [3.05, 3.63) is 23.3 Å². The van der Waals surface area contributed by atoms with Crippen molar-refractivity contribution in [3.63, 3.8) is 0 Å². The van der Waals surface area contributed by atoms with E-state index in [-0.39, 0.29) is 0 Å². The van der Waals surface area contributed by atoms with Gasteiger partial charge in [-0.15, -0.1) is 0 Å². The summed E-state index contributed by atoms with van der Waals surface area (Å²) in [6, 6.07) is 3.80. The van der Waals surface area contributed by atoms with Gasteiger partial charge in [-0.2, -0.15) is 0 Å². The van der Waals surface area contributed by atoms with Gasteiger partial charge in [0.05, 0.1) is 19.6 Å². The Balaban J connectivity index is 2.62. The molecule has 0 radical (unpaired) electrons. The van der Waals surface area contributed by atoms with Crippen LogP contribution in [0.1, 0.15) is 43.2 Å². The Morgan fingerprint density at radius 1 is 1.10 bits per heavy atom. The highest BCUT2D eigenvalue weighted by Gasteiger charge is 2.44. The average molecular weight is 278 g/mol. The topological polar surface area (TPSA) is 55.8 Å². The molecule has 1 fully saturated rings. The lowest BCUT2D eigenvalue weighted by atomic mass is 9.69. The molecule has 110 valence electrons. The van der Waals surface area contributed by atoms with E-state index in [4.69, 9.17) is 9.47 Å². The minimum Gasteiger partial charge on any atom is -0.493 e. The summed E-state index contributed by atoms with van der Waals surface area (Å²) in [4.78, 5) is 11.9. The maximum atomic E-state index is 11.9. The third kappa shape index (κ3) is 2.23. The van der Waals surface area contributed by atoms with Crippen molar-refractivity contribution in [1.82, 2.24) is 0 Å². The standard InChI is InChI=1S/C16H22O4/c1-11-7-8-12(14(20-3)13(11)19-2)16(15(17)18)9-5-4-6-10-16/h7-8H,4-6,9-10H2,1-3H3,(H,17,18). The maximum absolute atomic E-state index is 11.9. The number of carboxylic acid groups (broad SMARTS) is 1. The number of benzene rings is 1. The van der Waals surface area contributed by atoms with Gasteiger partial charge in [0.2, 0.25) is 0 Å². The SMILES string of the molecule is COc1c(C)ccc(C2(C(=O)O)CCCCC2)c1OC. The van der Waals surface area contributed by atoms with E-state index in [0.717, 1.165) is 30.4 Å². The van der Waals surface area contributed by atoms with Crippen molar-refractivity contribution >= 4 is 5.97 Å². The number of aryl methyl sites for hydroxylation is 1. The van der Waals surface area contributed by atoms with Crippen LogP contribution in [0.3, 0.4) is 0 Å². The molecule has 20 heavy (non-hydrogen) atoms. The number of ether oxygens (including phenoxy) is 2. The first-order valence-corrected chi connectivity index (χ1v) is 7.02. The van der Waals surface area contributed by atoms with Crippen molar-refractivity contribution < 1.29 is 19.4 Å². The van der Waals surface area contributed by atoms with Gasteiger partial charge in [0.25, 0.3) is 0 Å². The zero-order chi connectivity index (χ0) is 14.8. The van der Waals surface area contributed by atoms with Gasteiger partial charge >= 0.3 is 5.97 Å². The minimum atomic E-state index is -0.843. The van der Waals surface area contributed by atoms with Crippen LogP contribution in [-0.4, -0.2) is 25.3 Å². The van der Waals surface area contributed by atoms with Crippen LogP contribution in [0, 0.1) is 6.92 Å². The first kappa shape index (κ1) is 14.7. The summed E-state index contributed by atoms with van der Waals surface area (Å²) in [5, 5.41) is 9.80. The van der Waals surface area contributed by atoms with Crippen LogP contribution in [0.25, 0.3) is 0 Å². The summed E-state index contributed by atoms with van der Waals surface area (Å²) in [5.74, 6) is 0.439. The third-order valence-corrected chi connectivity index (χ3v) is 4.35. The third-order valence-electron chi connectivity index (χ3n) is 4.35. The van der Waals surface area contributed by atoms with Crippen molar-refractivity contribution in [2.75, 3.05) is 14.2 Å². The molecule has 0 heterocycles. The molecule has 1 saturated carbocycles. The summed E-state index contributed by atoms with van der Waals surface area (Å²) in [6.07, 6.45) is 4.29. The van der Waals surface area contributed by atoms with Gasteiger partial charge < -0.3 is 14.6 Å². The van der Waals surface area contributed by atoms with Gasteiger partial charge in [0.1, 0.15) is 0 Å². The predicted octanol–water partition coefficient (Wildman–Crippen LogP) is 3.30. The number of methoxy groups -OCH3 is 2. The van der Waals surface area contributed by atoms with E-state index in [1.807, 2.05) is 19.1 Å². The molecule has 0 bridgehead atoms. The summed E-state index contributed by atoms with van der Waals surface area (Å²) in [6.45, 7) is 1.93. The van der Waals surface area contributed by atoms with E-state index in [0.29, 0.717) is 24.3 Å². The smallest absolute Gasteiger partial charge is 0.314 e. The van der Waals surface area contributed by atoms with Crippen LogP contribution in [-0.2, 0) is 10.2 Å².